The number of halogens is 2. The number of rotatable bonds is 7. The van der Waals surface area contributed by atoms with Gasteiger partial charge in [-0.25, -0.2) is 0 Å². The summed E-state index contributed by atoms with van der Waals surface area (Å²) in [6, 6.07) is 15.9. The number of nitrogens with one attached hydrogen (secondary N) is 1. The fourth-order valence-corrected chi connectivity index (χ4v) is 5.62. The summed E-state index contributed by atoms with van der Waals surface area (Å²) in [4.78, 5) is 9.29. The number of anilines is 2. The van der Waals surface area contributed by atoms with E-state index in [0.717, 1.165) is 54.2 Å². The van der Waals surface area contributed by atoms with Gasteiger partial charge in [-0.15, -0.1) is 11.3 Å². The molecule has 6 nitrogen and oxygen atoms in total. The highest BCUT2D eigenvalue weighted by Crippen LogP contribution is 2.39. The molecule has 2 aromatic heterocycles. The molecule has 0 amide bonds. The lowest BCUT2D eigenvalue weighted by molar-refractivity contribution is 0.0435. The Balaban J connectivity index is 1.41. The van der Waals surface area contributed by atoms with E-state index in [1.807, 2.05) is 18.2 Å². The van der Waals surface area contributed by atoms with Gasteiger partial charge in [-0.05, 0) is 35.9 Å². The second kappa shape index (κ2) is 11.5. The van der Waals surface area contributed by atoms with Crippen molar-refractivity contribution in [3.8, 4) is 22.3 Å². The molecular weight excluding hydrogens is 527 g/mol. The zero-order chi connectivity index (χ0) is 25.8. The highest BCUT2D eigenvalue weighted by Gasteiger charge is 2.15. The molecule has 1 fully saturated rings. The average Bonchev–Trinajstić information content (AvgIpc) is 3.39. The topological polar surface area (TPSA) is 70.4 Å². The minimum Gasteiger partial charge on any atom is -0.495 e. The zero-order valence-electron chi connectivity index (χ0n) is 20.1. The van der Waals surface area contributed by atoms with Crippen molar-refractivity contribution in [2.75, 3.05) is 45.3 Å². The van der Waals surface area contributed by atoms with Gasteiger partial charge >= 0.3 is 0 Å². The van der Waals surface area contributed by atoms with Gasteiger partial charge in [0.15, 0.2) is 0 Å². The number of fused-ring (bicyclic) bond motifs is 1. The van der Waals surface area contributed by atoms with Crippen LogP contribution in [0.5, 0.6) is 5.75 Å². The molecular formula is C28H24Cl2N4O2S. The van der Waals surface area contributed by atoms with Crippen LogP contribution in [0.2, 0.25) is 10.0 Å². The third-order valence-corrected chi connectivity index (χ3v) is 7.86. The van der Waals surface area contributed by atoms with Crippen molar-refractivity contribution in [1.29, 1.82) is 5.26 Å². The first-order valence-electron chi connectivity index (χ1n) is 11.8. The fourth-order valence-electron chi connectivity index (χ4n) is 4.18. The van der Waals surface area contributed by atoms with Crippen LogP contribution in [0.15, 0.2) is 54.7 Å². The molecule has 0 radical (unpaired) electrons. The summed E-state index contributed by atoms with van der Waals surface area (Å²) < 4.78 is 10.7. The largest absolute Gasteiger partial charge is 0.495 e. The Labute approximate surface area is 229 Å². The van der Waals surface area contributed by atoms with Gasteiger partial charge in [0.25, 0.3) is 0 Å². The van der Waals surface area contributed by atoms with Crippen molar-refractivity contribution in [2.45, 2.75) is 0 Å². The van der Waals surface area contributed by atoms with E-state index in [9.17, 15) is 5.26 Å². The van der Waals surface area contributed by atoms with Crippen LogP contribution in [0.3, 0.4) is 0 Å². The molecule has 1 aliphatic rings. The number of thiophene rings is 1. The van der Waals surface area contributed by atoms with Gasteiger partial charge < -0.3 is 14.8 Å². The molecule has 5 rings (SSSR count). The van der Waals surface area contributed by atoms with Crippen LogP contribution in [0.1, 0.15) is 10.4 Å². The maximum absolute atomic E-state index is 9.74. The number of nitrogens with zero attached hydrogens (tertiary/aromatic N) is 3. The van der Waals surface area contributed by atoms with Gasteiger partial charge in [0.1, 0.15) is 11.8 Å². The summed E-state index contributed by atoms with van der Waals surface area (Å²) in [7, 11) is 1.54. The number of pyridine rings is 1. The molecule has 0 atom stereocenters. The van der Waals surface area contributed by atoms with Crippen LogP contribution in [-0.2, 0) is 4.74 Å². The Hall–Kier alpha value is -3.12. The number of hydrogen-bond donors (Lipinski definition) is 1. The normalized spacial score (nSPS) is 14.2. The molecule has 3 heterocycles. The second-order valence-electron chi connectivity index (χ2n) is 8.50. The average molecular weight is 551 g/mol. The first kappa shape index (κ1) is 25.5. The number of nitriles is 1. The van der Waals surface area contributed by atoms with Gasteiger partial charge in [0.05, 0.1) is 52.8 Å². The molecule has 2 aromatic carbocycles. The van der Waals surface area contributed by atoms with Crippen LogP contribution < -0.4 is 10.1 Å². The van der Waals surface area contributed by atoms with E-state index in [0.29, 0.717) is 32.7 Å². The predicted octanol–water partition coefficient (Wildman–Crippen LogP) is 7.24. The molecule has 1 saturated heterocycles. The molecule has 0 spiro atoms. The van der Waals surface area contributed by atoms with E-state index >= 15 is 0 Å². The van der Waals surface area contributed by atoms with E-state index in [1.54, 1.807) is 36.8 Å². The summed E-state index contributed by atoms with van der Waals surface area (Å²) in [6.45, 7) is 4.50. The Morgan fingerprint density at radius 1 is 1.16 bits per heavy atom. The summed E-state index contributed by atoms with van der Waals surface area (Å²) >= 11 is 14.4. The lowest BCUT2D eigenvalue weighted by Crippen LogP contribution is -2.36. The third-order valence-electron chi connectivity index (χ3n) is 6.15. The molecule has 37 heavy (non-hydrogen) atoms. The summed E-state index contributed by atoms with van der Waals surface area (Å²) in [6.07, 6.45) is 5.96. The number of morpholine rings is 1. The minimum atomic E-state index is 0.411. The standard InChI is InChI=1S/C28H24Cl2N4O2S/c1-35-26-15-25(22(29)14-23(26)30)33-28-19(16-31)17-32-24-13-18(4-6-21(24)28)27-7-5-20(37-27)3-2-8-34-9-11-36-12-10-34/h2-7,13-15,17H,8-12H2,1H3,(H,32,33). The molecule has 0 saturated carbocycles. The van der Waals surface area contributed by atoms with Gasteiger partial charge in [-0.1, -0.05) is 41.4 Å². The molecule has 1 aliphatic heterocycles. The quantitative estimate of drug-likeness (QED) is 0.261. The third kappa shape index (κ3) is 5.74. The number of methoxy groups -OCH3 is 1. The minimum absolute atomic E-state index is 0.411. The van der Waals surface area contributed by atoms with Crippen LogP contribution in [0.25, 0.3) is 27.4 Å². The van der Waals surface area contributed by atoms with Crippen molar-refractivity contribution in [1.82, 2.24) is 9.88 Å². The summed E-state index contributed by atoms with van der Waals surface area (Å²) in [5, 5.41) is 14.7. The summed E-state index contributed by atoms with van der Waals surface area (Å²) in [5.74, 6) is 0.486. The lowest BCUT2D eigenvalue weighted by atomic mass is 10.1. The highest BCUT2D eigenvalue weighted by atomic mass is 35.5. The highest BCUT2D eigenvalue weighted by molar-refractivity contribution is 7.16. The molecule has 188 valence electrons. The maximum Gasteiger partial charge on any atom is 0.139 e. The first-order chi connectivity index (χ1) is 18.1. The van der Waals surface area contributed by atoms with Crippen molar-refractivity contribution >= 4 is 62.9 Å². The Kier molecular flexibility index (Phi) is 7.94. The van der Waals surface area contributed by atoms with Crippen molar-refractivity contribution in [2.24, 2.45) is 0 Å². The van der Waals surface area contributed by atoms with E-state index in [2.05, 4.69) is 45.6 Å². The maximum atomic E-state index is 9.74. The molecule has 0 unspecified atom stereocenters. The van der Waals surface area contributed by atoms with E-state index < -0.39 is 0 Å². The van der Waals surface area contributed by atoms with Gasteiger partial charge in [0.2, 0.25) is 0 Å². The lowest BCUT2D eigenvalue weighted by Gasteiger charge is -2.25. The Morgan fingerprint density at radius 2 is 2.00 bits per heavy atom. The van der Waals surface area contributed by atoms with Gasteiger partial charge in [-0.3, -0.25) is 9.88 Å². The van der Waals surface area contributed by atoms with Crippen LogP contribution >= 0.6 is 34.5 Å². The van der Waals surface area contributed by atoms with E-state index in [1.165, 1.54) is 4.88 Å². The SMILES string of the molecule is COc1cc(Nc2c(C#N)cnc3cc(-c4ccc(C=CCN5CCOCC5)s4)ccc23)c(Cl)cc1Cl. The Morgan fingerprint density at radius 3 is 2.78 bits per heavy atom. The van der Waals surface area contributed by atoms with E-state index in [-0.39, 0.29) is 0 Å². The van der Waals surface area contributed by atoms with Gasteiger partial charge in [-0.2, -0.15) is 5.26 Å². The number of benzene rings is 2. The fraction of sp³-hybridized carbons (Fsp3) is 0.214. The van der Waals surface area contributed by atoms with Crippen molar-refractivity contribution in [3.05, 3.63) is 75.2 Å². The zero-order valence-corrected chi connectivity index (χ0v) is 22.5. The van der Waals surface area contributed by atoms with Crippen molar-refractivity contribution in [3.63, 3.8) is 0 Å². The number of aromatic nitrogens is 1. The monoisotopic (exact) mass is 550 g/mol. The first-order valence-corrected chi connectivity index (χ1v) is 13.3. The Bertz CT molecular complexity index is 1510. The van der Waals surface area contributed by atoms with E-state index in [4.69, 9.17) is 32.7 Å². The molecule has 0 aliphatic carbocycles. The number of hydrogen-bond acceptors (Lipinski definition) is 7. The van der Waals surface area contributed by atoms with Crippen LogP contribution in [0.4, 0.5) is 11.4 Å². The number of ether oxygens (including phenoxy) is 2. The molecule has 0 bridgehead atoms. The van der Waals surface area contributed by atoms with Gasteiger partial charge in [0, 0.05) is 47.0 Å². The second-order valence-corrected chi connectivity index (χ2v) is 10.4. The van der Waals surface area contributed by atoms with Crippen LogP contribution in [0, 0.1) is 11.3 Å². The predicted molar refractivity (Wildman–Crippen MR) is 152 cm³/mol. The molecule has 9 heteroatoms. The molecule has 1 N–H and O–H groups in total. The summed E-state index contributed by atoms with van der Waals surface area (Å²) in [5.41, 5.74) is 3.47. The smallest absolute Gasteiger partial charge is 0.139 e. The van der Waals surface area contributed by atoms with Crippen molar-refractivity contribution < 1.29 is 9.47 Å². The van der Waals surface area contributed by atoms with Crippen LogP contribution in [-0.4, -0.2) is 49.8 Å². The molecule has 4 aromatic rings.